The molecule has 4 atom stereocenters. The van der Waals surface area contributed by atoms with Gasteiger partial charge in [-0.1, -0.05) is 0 Å². The number of nitrogens with one attached hydrogen (secondary N) is 2. The number of ether oxygens (including phenoxy) is 1. The van der Waals surface area contributed by atoms with Gasteiger partial charge in [0.2, 0.25) is 0 Å². The van der Waals surface area contributed by atoms with Crippen LogP contribution in [0.4, 0.5) is 0 Å². The molecule has 13 heteroatoms. The molecule has 1 aromatic heterocycles. The summed E-state index contributed by atoms with van der Waals surface area (Å²) >= 11 is 0. The second kappa shape index (κ2) is 8.18. The smallest absolute Gasteiger partial charge is 0.325 e. The lowest BCUT2D eigenvalue weighted by Gasteiger charge is -2.26. The molecule has 0 aliphatic carbocycles. The molecule has 0 aromatic carbocycles. The number of rotatable bonds is 4. The van der Waals surface area contributed by atoms with Crippen molar-refractivity contribution >= 4 is 10.1 Å². The van der Waals surface area contributed by atoms with Crippen molar-refractivity contribution in [2.45, 2.75) is 30.8 Å². The summed E-state index contributed by atoms with van der Waals surface area (Å²) in [5, 5.41) is 28.6. The van der Waals surface area contributed by atoms with Gasteiger partial charge in [-0.2, -0.15) is 8.42 Å². The number of aromatic amines is 2. The monoisotopic (exact) mass is 383 g/mol. The number of aliphatic hydroxyl groups excluding tert-OH is 3. The Balaban J connectivity index is 0.000000381. The summed E-state index contributed by atoms with van der Waals surface area (Å²) in [4.78, 5) is 26.9. The van der Waals surface area contributed by atoms with Crippen LogP contribution in [0.2, 0.25) is 0 Å². The van der Waals surface area contributed by atoms with Gasteiger partial charge in [-0.25, -0.2) is 4.79 Å². The van der Waals surface area contributed by atoms with E-state index in [0.29, 0.717) is 0 Å². The Hall–Kier alpha value is -1.61. The van der Waals surface area contributed by atoms with E-state index in [9.17, 15) is 28.2 Å². The number of H-pyrrole nitrogens is 2. The lowest BCUT2D eigenvalue weighted by Crippen LogP contribution is -2.43. The summed E-state index contributed by atoms with van der Waals surface area (Å²) in [6, 6.07) is 0. The van der Waals surface area contributed by atoms with Gasteiger partial charge in [0.25, 0.3) is 15.7 Å². The van der Waals surface area contributed by atoms with E-state index >= 15 is 0 Å². The third-order valence-corrected chi connectivity index (χ3v) is 4.33. The molecule has 1 aliphatic rings. The lowest BCUT2D eigenvalue weighted by atomic mass is 9.90. The molecule has 25 heavy (non-hydrogen) atoms. The molecule has 8 N–H and O–H groups in total. The summed E-state index contributed by atoms with van der Waals surface area (Å²) in [5.74, 6) is -0.354. The van der Waals surface area contributed by atoms with Crippen LogP contribution >= 0.6 is 0 Å². The Labute approximate surface area is 142 Å². The zero-order valence-corrected chi connectivity index (χ0v) is 14.1. The fourth-order valence-corrected chi connectivity index (χ4v) is 2.58. The van der Waals surface area contributed by atoms with Gasteiger partial charge in [0.05, 0.1) is 17.9 Å². The topological polar surface area (TPSA) is 216 Å². The van der Waals surface area contributed by atoms with Crippen LogP contribution in [0.15, 0.2) is 15.8 Å². The minimum Gasteiger partial charge on any atom is -0.394 e. The Kier molecular flexibility index (Phi) is 7.01. The van der Waals surface area contributed by atoms with Crippen LogP contribution in [0.5, 0.6) is 0 Å². The SMILES string of the molecule is C[C@@]1(c2c[nH]c(=O)[nH]c2=O)O[C@H](CO)[C@@H](O)[C@H]1O.NCCS(=O)(=O)O. The zero-order valence-electron chi connectivity index (χ0n) is 13.2. The highest BCUT2D eigenvalue weighted by Crippen LogP contribution is 2.37. The molecule has 12 nitrogen and oxygen atoms in total. The van der Waals surface area contributed by atoms with Crippen LogP contribution in [-0.4, -0.2) is 75.5 Å². The van der Waals surface area contributed by atoms with Crippen molar-refractivity contribution in [2.24, 2.45) is 5.73 Å². The largest absolute Gasteiger partial charge is 0.394 e. The minimum atomic E-state index is -3.80. The van der Waals surface area contributed by atoms with Crippen LogP contribution in [-0.2, 0) is 20.5 Å². The van der Waals surface area contributed by atoms with E-state index in [1.54, 1.807) is 0 Å². The van der Waals surface area contributed by atoms with Crippen LogP contribution in [0.1, 0.15) is 12.5 Å². The summed E-state index contributed by atoms with van der Waals surface area (Å²) in [5.41, 5.74) is 1.86. The molecule has 0 amide bonds. The van der Waals surface area contributed by atoms with E-state index in [1.807, 2.05) is 4.98 Å². The Morgan fingerprint density at radius 3 is 2.32 bits per heavy atom. The molecule has 1 fully saturated rings. The third kappa shape index (κ3) is 5.18. The summed E-state index contributed by atoms with van der Waals surface area (Å²) in [7, 11) is -3.80. The fourth-order valence-electron chi connectivity index (χ4n) is 2.28. The highest BCUT2D eigenvalue weighted by Gasteiger charge is 2.53. The Morgan fingerprint density at radius 1 is 1.36 bits per heavy atom. The molecule has 144 valence electrons. The van der Waals surface area contributed by atoms with E-state index in [1.165, 1.54) is 6.92 Å². The molecular weight excluding hydrogens is 362 g/mol. The molecule has 0 unspecified atom stereocenters. The van der Waals surface area contributed by atoms with E-state index in [2.05, 4.69) is 4.98 Å². The maximum atomic E-state index is 11.7. The van der Waals surface area contributed by atoms with Crippen LogP contribution in [0, 0.1) is 0 Å². The van der Waals surface area contributed by atoms with Crippen molar-refractivity contribution in [3.63, 3.8) is 0 Å². The van der Waals surface area contributed by atoms with Crippen molar-refractivity contribution in [3.8, 4) is 0 Å². The van der Waals surface area contributed by atoms with Gasteiger partial charge in [-0.05, 0) is 6.92 Å². The number of hydrogen-bond donors (Lipinski definition) is 7. The average Bonchev–Trinajstić information content (AvgIpc) is 2.71. The fraction of sp³-hybridized carbons (Fsp3) is 0.667. The van der Waals surface area contributed by atoms with Crippen molar-refractivity contribution in [2.75, 3.05) is 18.9 Å². The Morgan fingerprint density at radius 2 is 1.96 bits per heavy atom. The second-order valence-electron chi connectivity index (χ2n) is 5.44. The van der Waals surface area contributed by atoms with Gasteiger partial charge in [-0.3, -0.25) is 14.3 Å². The molecule has 2 rings (SSSR count). The first-order valence-electron chi connectivity index (χ1n) is 7.08. The first kappa shape index (κ1) is 21.4. The number of aromatic nitrogens is 2. The van der Waals surface area contributed by atoms with Crippen LogP contribution < -0.4 is 17.0 Å². The molecule has 1 aliphatic heterocycles. The molecule has 0 saturated carbocycles. The number of hydrogen-bond acceptors (Lipinski definition) is 9. The molecule has 1 saturated heterocycles. The van der Waals surface area contributed by atoms with Crippen molar-refractivity contribution in [3.05, 3.63) is 32.6 Å². The molecule has 0 spiro atoms. The minimum absolute atomic E-state index is 0.0235. The predicted molar refractivity (Wildman–Crippen MR) is 84.5 cm³/mol. The molecular formula is C12H21N3O9S. The predicted octanol–water partition coefficient (Wildman–Crippen LogP) is -3.78. The first-order chi connectivity index (χ1) is 11.5. The highest BCUT2D eigenvalue weighted by atomic mass is 32.2. The van der Waals surface area contributed by atoms with Gasteiger partial charge in [0.15, 0.2) is 0 Å². The van der Waals surface area contributed by atoms with E-state index < -0.39 is 51.9 Å². The van der Waals surface area contributed by atoms with Gasteiger partial charge in [0.1, 0.15) is 23.9 Å². The molecule has 0 bridgehead atoms. The van der Waals surface area contributed by atoms with Crippen LogP contribution in [0.25, 0.3) is 0 Å². The first-order valence-corrected chi connectivity index (χ1v) is 8.69. The summed E-state index contributed by atoms with van der Waals surface area (Å²) in [6.07, 6.45) is -2.57. The number of nitrogens with two attached hydrogens (primary N) is 1. The van der Waals surface area contributed by atoms with Crippen molar-refractivity contribution in [1.82, 2.24) is 9.97 Å². The molecule has 1 aromatic rings. The third-order valence-electron chi connectivity index (χ3n) is 3.57. The quantitative estimate of drug-likeness (QED) is 0.252. The average molecular weight is 383 g/mol. The Bertz CT molecular complexity index is 790. The van der Waals surface area contributed by atoms with Crippen molar-refractivity contribution < 1.29 is 33.0 Å². The normalized spacial score (nSPS) is 29.1. The van der Waals surface area contributed by atoms with Gasteiger partial charge >= 0.3 is 5.69 Å². The second-order valence-corrected chi connectivity index (χ2v) is 7.01. The van der Waals surface area contributed by atoms with Crippen LogP contribution in [0.3, 0.4) is 0 Å². The standard InChI is InChI=1S/C10H14N2O6.C2H7NO3S/c1-10(4-2-11-9(17)12-8(4)16)7(15)6(14)5(3-13)18-10;3-1-2-7(4,5)6/h2,5-7,13-15H,3H2,1H3,(H2,11,12,16,17);1-3H2,(H,4,5,6)/t5-,6-,7-,10+;/m1./s1. The van der Waals surface area contributed by atoms with E-state index in [0.717, 1.165) is 6.20 Å². The maximum Gasteiger partial charge on any atom is 0.325 e. The zero-order chi connectivity index (χ0) is 19.4. The molecule has 2 heterocycles. The number of aliphatic hydroxyl groups is 3. The van der Waals surface area contributed by atoms with Gasteiger partial charge in [-0.15, -0.1) is 0 Å². The van der Waals surface area contributed by atoms with Crippen molar-refractivity contribution in [1.29, 1.82) is 0 Å². The highest BCUT2D eigenvalue weighted by molar-refractivity contribution is 7.85. The van der Waals surface area contributed by atoms with E-state index in [4.69, 9.17) is 20.1 Å². The molecule has 0 radical (unpaired) electrons. The van der Waals surface area contributed by atoms with Gasteiger partial charge < -0.3 is 30.8 Å². The maximum absolute atomic E-state index is 11.7. The lowest BCUT2D eigenvalue weighted by molar-refractivity contribution is -0.0867. The van der Waals surface area contributed by atoms with E-state index in [-0.39, 0.29) is 17.9 Å². The summed E-state index contributed by atoms with van der Waals surface area (Å²) in [6.45, 7) is 0.882. The summed E-state index contributed by atoms with van der Waals surface area (Å²) < 4.78 is 32.7. The van der Waals surface area contributed by atoms with Gasteiger partial charge in [0, 0.05) is 12.7 Å².